The fraction of sp³-hybridized carbons (Fsp3) is 0.412. The molecular weight excluding hydrogens is 546 g/mol. The molecule has 0 spiro atoms. The van der Waals surface area contributed by atoms with Crippen molar-refractivity contribution in [3.63, 3.8) is 0 Å². The Labute approximate surface area is 251 Å². The van der Waals surface area contributed by atoms with Gasteiger partial charge in [-0.05, 0) is 61.4 Å². The molecule has 4 rings (SSSR count). The summed E-state index contributed by atoms with van der Waals surface area (Å²) in [5.41, 5.74) is 4.47. The van der Waals surface area contributed by atoms with Gasteiger partial charge in [0.15, 0.2) is 0 Å². The highest BCUT2D eigenvalue weighted by molar-refractivity contribution is 7.92. The smallest absolute Gasteiger partial charge is 0.243 e. The van der Waals surface area contributed by atoms with E-state index in [0.29, 0.717) is 25.1 Å². The van der Waals surface area contributed by atoms with Gasteiger partial charge in [0.05, 0.1) is 11.9 Å². The number of hydrogen-bond donors (Lipinski definition) is 1. The Kier molecular flexibility index (Phi) is 10.8. The van der Waals surface area contributed by atoms with Gasteiger partial charge in [0, 0.05) is 32.0 Å². The molecule has 1 unspecified atom stereocenters. The summed E-state index contributed by atoms with van der Waals surface area (Å²) in [5, 5.41) is 3.24. The quantitative estimate of drug-likeness (QED) is 0.283. The van der Waals surface area contributed by atoms with Crippen LogP contribution < -0.4 is 9.62 Å². The molecule has 0 saturated heterocycles. The minimum atomic E-state index is -3.55. The number of para-hydroxylation sites is 1. The van der Waals surface area contributed by atoms with Gasteiger partial charge in [0.1, 0.15) is 6.04 Å². The van der Waals surface area contributed by atoms with Crippen molar-refractivity contribution in [2.75, 3.05) is 17.1 Å². The van der Waals surface area contributed by atoms with Crippen molar-refractivity contribution in [2.45, 2.75) is 77.4 Å². The molecule has 1 saturated carbocycles. The van der Waals surface area contributed by atoms with E-state index in [1.165, 1.54) is 10.6 Å². The third-order valence-electron chi connectivity index (χ3n) is 8.11. The van der Waals surface area contributed by atoms with Gasteiger partial charge in [-0.15, -0.1) is 0 Å². The van der Waals surface area contributed by atoms with Crippen molar-refractivity contribution < 1.29 is 18.0 Å². The van der Waals surface area contributed by atoms with Crippen molar-refractivity contribution in [1.82, 2.24) is 10.2 Å². The van der Waals surface area contributed by atoms with Crippen molar-refractivity contribution in [3.05, 3.63) is 101 Å². The minimum Gasteiger partial charge on any atom is -0.352 e. The van der Waals surface area contributed by atoms with Crippen molar-refractivity contribution >= 4 is 27.5 Å². The summed E-state index contributed by atoms with van der Waals surface area (Å²) in [6.45, 7) is 4.36. The molecule has 0 heterocycles. The van der Waals surface area contributed by atoms with E-state index in [1.54, 1.807) is 11.0 Å². The van der Waals surface area contributed by atoms with Crippen molar-refractivity contribution in [2.24, 2.45) is 0 Å². The van der Waals surface area contributed by atoms with E-state index in [1.807, 2.05) is 86.6 Å². The van der Waals surface area contributed by atoms with E-state index in [4.69, 9.17) is 0 Å². The monoisotopic (exact) mass is 589 g/mol. The van der Waals surface area contributed by atoms with E-state index < -0.39 is 16.1 Å². The average molecular weight is 590 g/mol. The Balaban J connectivity index is 1.60. The van der Waals surface area contributed by atoms with Crippen LogP contribution in [-0.4, -0.2) is 50.0 Å². The van der Waals surface area contributed by atoms with Gasteiger partial charge < -0.3 is 10.2 Å². The van der Waals surface area contributed by atoms with Crippen molar-refractivity contribution in [3.8, 4) is 0 Å². The Morgan fingerprint density at radius 3 is 2.14 bits per heavy atom. The Bertz CT molecular complexity index is 1450. The van der Waals surface area contributed by atoms with Crippen molar-refractivity contribution in [1.29, 1.82) is 0 Å². The number of amides is 2. The molecule has 3 aromatic rings. The van der Waals surface area contributed by atoms with Crippen LogP contribution in [0.2, 0.25) is 0 Å². The first-order chi connectivity index (χ1) is 20.1. The first kappa shape index (κ1) is 31.3. The number of carbonyl (C=O) groups excluding carboxylic acids is 2. The highest BCUT2D eigenvalue weighted by Crippen LogP contribution is 2.24. The summed E-state index contributed by atoms with van der Waals surface area (Å²) < 4.78 is 26.8. The summed E-state index contributed by atoms with van der Waals surface area (Å²) in [7, 11) is -3.55. The normalized spacial score (nSPS) is 14.4. The molecular formula is C34H43N3O4S. The Morgan fingerprint density at radius 1 is 0.881 bits per heavy atom. The molecule has 1 atom stereocenters. The number of carbonyl (C=O) groups is 2. The number of benzene rings is 3. The number of rotatable bonds is 13. The van der Waals surface area contributed by atoms with Crippen LogP contribution in [0.25, 0.3) is 0 Å². The summed E-state index contributed by atoms with van der Waals surface area (Å²) in [6.07, 6.45) is 6.13. The van der Waals surface area contributed by atoms with Crippen LogP contribution in [0, 0.1) is 13.8 Å². The third kappa shape index (κ3) is 8.44. The second kappa shape index (κ2) is 14.5. The highest BCUT2D eigenvalue weighted by Gasteiger charge is 2.32. The predicted molar refractivity (Wildman–Crippen MR) is 169 cm³/mol. The van der Waals surface area contributed by atoms with Crippen LogP contribution in [0.1, 0.15) is 60.8 Å². The molecule has 0 aliphatic heterocycles. The highest BCUT2D eigenvalue weighted by atomic mass is 32.2. The second-order valence-electron chi connectivity index (χ2n) is 11.4. The molecule has 0 bridgehead atoms. The van der Waals surface area contributed by atoms with Gasteiger partial charge in [-0.1, -0.05) is 85.6 Å². The van der Waals surface area contributed by atoms with Crippen LogP contribution in [0.5, 0.6) is 0 Å². The lowest BCUT2D eigenvalue weighted by atomic mass is 10.0. The summed E-state index contributed by atoms with van der Waals surface area (Å²) >= 11 is 0. The van der Waals surface area contributed by atoms with Crippen LogP contribution in [0.3, 0.4) is 0 Å². The molecule has 42 heavy (non-hydrogen) atoms. The SMILES string of the molecule is Cc1ccccc1CN(C(=O)CCCN(c1ccccc1C)S(C)(=O)=O)C(Cc1ccccc1)C(=O)NC1CCCC1. The summed E-state index contributed by atoms with van der Waals surface area (Å²) in [6, 6.07) is 24.5. The van der Waals surface area contributed by atoms with Crippen LogP contribution in [0.15, 0.2) is 78.9 Å². The molecule has 1 fully saturated rings. The van der Waals surface area contributed by atoms with Gasteiger partial charge in [-0.2, -0.15) is 0 Å². The molecule has 8 heteroatoms. The first-order valence-corrected chi connectivity index (χ1v) is 16.7. The topological polar surface area (TPSA) is 86.8 Å². The fourth-order valence-electron chi connectivity index (χ4n) is 5.72. The fourth-order valence-corrected chi connectivity index (χ4v) is 6.74. The number of sulfonamides is 1. The van der Waals surface area contributed by atoms with E-state index >= 15 is 0 Å². The molecule has 3 aromatic carbocycles. The maximum Gasteiger partial charge on any atom is 0.243 e. The predicted octanol–water partition coefficient (Wildman–Crippen LogP) is 5.55. The zero-order valence-electron chi connectivity index (χ0n) is 25.0. The maximum absolute atomic E-state index is 14.0. The standard InChI is InChI=1S/C34H43N3O4S/c1-26-14-7-9-18-29(26)25-36(32(24-28-16-5-4-6-17-28)34(39)35-30-19-10-11-20-30)33(38)22-13-23-37(42(3,40)41)31-21-12-8-15-27(31)2/h4-9,12,14-18,21,30,32H,10-11,13,19-20,22-25H2,1-3H3,(H,35,39). The number of hydrogen-bond acceptors (Lipinski definition) is 4. The van der Waals surface area contributed by atoms with Crippen LogP contribution in [-0.2, 0) is 32.6 Å². The lowest BCUT2D eigenvalue weighted by Crippen LogP contribution is -2.52. The van der Waals surface area contributed by atoms with Gasteiger partial charge in [0.2, 0.25) is 21.8 Å². The molecule has 0 aromatic heterocycles. The van der Waals surface area contributed by atoms with Gasteiger partial charge in [-0.3, -0.25) is 13.9 Å². The lowest BCUT2D eigenvalue weighted by Gasteiger charge is -2.33. The largest absolute Gasteiger partial charge is 0.352 e. The molecule has 1 N–H and O–H groups in total. The second-order valence-corrected chi connectivity index (χ2v) is 13.3. The van der Waals surface area contributed by atoms with Gasteiger partial charge in [-0.25, -0.2) is 8.42 Å². The first-order valence-electron chi connectivity index (χ1n) is 14.8. The zero-order valence-corrected chi connectivity index (χ0v) is 25.8. The third-order valence-corrected chi connectivity index (χ3v) is 9.29. The number of nitrogens with zero attached hydrogens (tertiary/aromatic N) is 2. The van der Waals surface area contributed by atoms with Crippen LogP contribution in [0.4, 0.5) is 5.69 Å². The molecule has 224 valence electrons. The van der Waals surface area contributed by atoms with Crippen LogP contribution >= 0.6 is 0 Å². The zero-order chi connectivity index (χ0) is 30.1. The minimum absolute atomic E-state index is 0.117. The molecule has 2 amide bonds. The Morgan fingerprint density at radius 2 is 1.50 bits per heavy atom. The number of nitrogens with one attached hydrogen (secondary N) is 1. The van der Waals surface area contributed by atoms with E-state index in [9.17, 15) is 18.0 Å². The van der Waals surface area contributed by atoms with E-state index in [0.717, 1.165) is 47.9 Å². The Hall–Kier alpha value is -3.65. The van der Waals surface area contributed by atoms with E-state index in [-0.39, 0.29) is 30.8 Å². The molecule has 7 nitrogen and oxygen atoms in total. The maximum atomic E-state index is 14.0. The number of aryl methyl sites for hydroxylation is 2. The van der Waals surface area contributed by atoms with E-state index in [2.05, 4.69) is 5.32 Å². The average Bonchev–Trinajstić information content (AvgIpc) is 3.47. The summed E-state index contributed by atoms with van der Waals surface area (Å²) in [5.74, 6) is -0.302. The van der Waals surface area contributed by atoms with Gasteiger partial charge >= 0.3 is 0 Å². The molecule has 1 aliphatic rings. The van der Waals surface area contributed by atoms with Gasteiger partial charge in [0.25, 0.3) is 0 Å². The molecule has 0 radical (unpaired) electrons. The lowest BCUT2D eigenvalue weighted by molar-refractivity contribution is -0.141. The number of anilines is 1. The molecule has 1 aliphatic carbocycles. The summed E-state index contributed by atoms with van der Waals surface area (Å²) in [4.78, 5) is 29.6.